The number of rotatable bonds is 5. The van der Waals surface area contributed by atoms with Crippen molar-refractivity contribution in [1.82, 2.24) is 0 Å². The molecule has 2 aromatic carbocycles. The molecule has 0 saturated heterocycles. The SMILES string of the molecule is CC(Nc1ccccc1OC(F)F)c1ccc(F)cc1O. The average Bonchev–Trinajstić information content (AvgIpc) is 2.40. The highest BCUT2D eigenvalue weighted by molar-refractivity contribution is 5.58. The number of benzene rings is 2. The maximum atomic E-state index is 13.0. The van der Waals surface area contributed by atoms with Gasteiger partial charge in [0.15, 0.2) is 0 Å². The summed E-state index contributed by atoms with van der Waals surface area (Å²) in [6, 6.07) is 9.44. The molecule has 0 saturated carbocycles. The molecule has 1 unspecified atom stereocenters. The molecule has 2 rings (SSSR count). The molecule has 0 amide bonds. The number of nitrogens with one attached hydrogen (secondary N) is 1. The number of phenols is 1. The highest BCUT2D eigenvalue weighted by atomic mass is 19.3. The van der Waals surface area contributed by atoms with Crippen molar-refractivity contribution in [3.8, 4) is 11.5 Å². The van der Waals surface area contributed by atoms with Gasteiger partial charge in [0, 0.05) is 11.6 Å². The zero-order valence-corrected chi connectivity index (χ0v) is 11.2. The molecule has 0 fully saturated rings. The van der Waals surface area contributed by atoms with Crippen LogP contribution in [0.1, 0.15) is 18.5 Å². The maximum absolute atomic E-state index is 13.0. The van der Waals surface area contributed by atoms with Gasteiger partial charge >= 0.3 is 6.61 Å². The molecular formula is C15H14F3NO2. The molecule has 0 spiro atoms. The number of ether oxygens (including phenoxy) is 1. The van der Waals surface area contributed by atoms with Crippen molar-refractivity contribution < 1.29 is 23.0 Å². The second-order valence-electron chi connectivity index (χ2n) is 4.44. The average molecular weight is 297 g/mol. The van der Waals surface area contributed by atoms with Gasteiger partial charge in [0.25, 0.3) is 0 Å². The molecule has 112 valence electrons. The molecule has 0 heterocycles. The van der Waals surface area contributed by atoms with E-state index in [4.69, 9.17) is 0 Å². The second kappa shape index (κ2) is 6.39. The first-order chi connectivity index (χ1) is 9.97. The highest BCUT2D eigenvalue weighted by Crippen LogP contribution is 2.32. The lowest BCUT2D eigenvalue weighted by Crippen LogP contribution is -2.10. The molecule has 6 heteroatoms. The number of hydrogen-bond acceptors (Lipinski definition) is 3. The first-order valence-electron chi connectivity index (χ1n) is 6.26. The Morgan fingerprint density at radius 1 is 1.14 bits per heavy atom. The molecule has 0 bridgehead atoms. The van der Waals surface area contributed by atoms with Crippen LogP contribution in [0.25, 0.3) is 0 Å². The fourth-order valence-electron chi connectivity index (χ4n) is 1.98. The van der Waals surface area contributed by atoms with Gasteiger partial charge in [-0.1, -0.05) is 18.2 Å². The van der Waals surface area contributed by atoms with Gasteiger partial charge in [-0.2, -0.15) is 8.78 Å². The lowest BCUT2D eigenvalue weighted by atomic mass is 10.1. The van der Waals surface area contributed by atoms with E-state index in [1.807, 2.05) is 0 Å². The van der Waals surface area contributed by atoms with E-state index in [9.17, 15) is 18.3 Å². The van der Waals surface area contributed by atoms with Gasteiger partial charge in [-0.3, -0.25) is 0 Å². The van der Waals surface area contributed by atoms with Crippen LogP contribution in [0.2, 0.25) is 0 Å². The molecule has 2 N–H and O–H groups in total. The summed E-state index contributed by atoms with van der Waals surface area (Å²) < 4.78 is 42.1. The molecular weight excluding hydrogens is 283 g/mol. The van der Waals surface area contributed by atoms with Gasteiger partial charge in [0.1, 0.15) is 17.3 Å². The van der Waals surface area contributed by atoms with Gasteiger partial charge in [-0.15, -0.1) is 0 Å². The van der Waals surface area contributed by atoms with E-state index in [1.165, 1.54) is 18.2 Å². The Morgan fingerprint density at radius 2 is 1.86 bits per heavy atom. The van der Waals surface area contributed by atoms with Gasteiger partial charge in [0.2, 0.25) is 0 Å². The minimum Gasteiger partial charge on any atom is -0.507 e. The molecule has 0 aromatic heterocycles. The Hall–Kier alpha value is -2.37. The van der Waals surface area contributed by atoms with Crippen LogP contribution in [0.15, 0.2) is 42.5 Å². The summed E-state index contributed by atoms with van der Waals surface area (Å²) in [4.78, 5) is 0. The summed E-state index contributed by atoms with van der Waals surface area (Å²) in [5, 5.41) is 12.7. The van der Waals surface area contributed by atoms with Crippen molar-refractivity contribution in [1.29, 1.82) is 0 Å². The molecule has 0 radical (unpaired) electrons. The second-order valence-corrected chi connectivity index (χ2v) is 4.44. The molecule has 2 aromatic rings. The number of aromatic hydroxyl groups is 1. The maximum Gasteiger partial charge on any atom is 0.387 e. The molecule has 0 aliphatic heterocycles. The fourth-order valence-corrected chi connectivity index (χ4v) is 1.98. The third kappa shape index (κ3) is 3.81. The van der Waals surface area contributed by atoms with Crippen molar-refractivity contribution in [2.75, 3.05) is 5.32 Å². The van der Waals surface area contributed by atoms with E-state index in [0.717, 1.165) is 6.07 Å². The number of phenolic OH excluding ortho intramolecular Hbond substituents is 1. The summed E-state index contributed by atoms with van der Waals surface area (Å²) in [5.74, 6) is -0.756. The predicted octanol–water partition coefficient (Wildman–Crippen LogP) is 4.31. The van der Waals surface area contributed by atoms with Crippen LogP contribution in [0.4, 0.5) is 18.9 Å². The third-order valence-electron chi connectivity index (χ3n) is 2.93. The van der Waals surface area contributed by atoms with Crippen molar-refractivity contribution in [2.24, 2.45) is 0 Å². The summed E-state index contributed by atoms with van der Waals surface area (Å²) in [5.41, 5.74) is 0.803. The van der Waals surface area contributed by atoms with Crippen LogP contribution < -0.4 is 10.1 Å². The van der Waals surface area contributed by atoms with E-state index < -0.39 is 18.5 Å². The molecule has 3 nitrogen and oxygen atoms in total. The van der Waals surface area contributed by atoms with Crippen LogP contribution in [-0.2, 0) is 0 Å². The van der Waals surface area contributed by atoms with Crippen LogP contribution in [-0.4, -0.2) is 11.7 Å². The number of anilines is 1. The van der Waals surface area contributed by atoms with E-state index in [2.05, 4.69) is 10.1 Å². The number of para-hydroxylation sites is 2. The summed E-state index contributed by atoms with van der Waals surface area (Å²) >= 11 is 0. The van der Waals surface area contributed by atoms with E-state index in [-0.39, 0.29) is 11.5 Å². The van der Waals surface area contributed by atoms with Crippen molar-refractivity contribution in [3.63, 3.8) is 0 Å². The van der Waals surface area contributed by atoms with Gasteiger partial charge in [-0.05, 0) is 25.1 Å². The minimum atomic E-state index is -2.93. The summed E-state index contributed by atoms with van der Waals surface area (Å²) in [6.45, 7) is -1.21. The van der Waals surface area contributed by atoms with Crippen LogP contribution >= 0.6 is 0 Å². The molecule has 21 heavy (non-hydrogen) atoms. The van der Waals surface area contributed by atoms with Crippen molar-refractivity contribution in [3.05, 3.63) is 53.8 Å². The van der Waals surface area contributed by atoms with Crippen LogP contribution in [0.5, 0.6) is 11.5 Å². The normalized spacial score (nSPS) is 12.2. The highest BCUT2D eigenvalue weighted by Gasteiger charge is 2.14. The molecule has 1 atom stereocenters. The Bertz CT molecular complexity index is 620. The monoisotopic (exact) mass is 297 g/mol. The Morgan fingerprint density at radius 3 is 2.52 bits per heavy atom. The smallest absolute Gasteiger partial charge is 0.387 e. The summed E-state index contributed by atoms with van der Waals surface area (Å²) in [7, 11) is 0. The Balaban J connectivity index is 2.21. The van der Waals surface area contributed by atoms with Crippen molar-refractivity contribution >= 4 is 5.69 Å². The van der Waals surface area contributed by atoms with Crippen molar-refractivity contribution in [2.45, 2.75) is 19.6 Å². The minimum absolute atomic E-state index is 0.000881. The lowest BCUT2D eigenvalue weighted by Gasteiger charge is -2.19. The van der Waals surface area contributed by atoms with E-state index >= 15 is 0 Å². The quantitative estimate of drug-likeness (QED) is 0.864. The van der Waals surface area contributed by atoms with Crippen LogP contribution in [0.3, 0.4) is 0 Å². The topological polar surface area (TPSA) is 41.5 Å². The number of halogens is 3. The Labute approximate surface area is 120 Å². The fraction of sp³-hybridized carbons (Fsp3) is 0.200. The van der Waals surface area contributed by atoms with E-state index in [1.54, 1.807) is 25.1 Å². The zero-order valence-electron chi connectivity index (χ0n) is 11.2. The number of hydrogen-bond donors (Lipinski definition) is 2. The van der Waals surface area contributed by atoms with Gasteiger partial charge in [0.05, 0.1) is 11.7 Å². The van der Waals surface area contributed by atoms with E-state index in [0.29, 0.717) is 11.3 Å². The standard InChI is InChI=1S/C15H14F3NO2/c1-9(11-7-6-10(16)8-13(11)20)19-12-4-2-3-5-14(12)21-15(17)18/h2-9,15,19-20H,1H3. The molecule has 0 aliphatic carbocycles. The predicted molar refractivity (Wildman–Crippen MR) is 73.2 cm³/mol. The lowest BCUT2D eigenvalue weighted by molar-refractivity contribution is -0.0493. The Kier molecular flexibility index (Phi) is 4.57. The summed E-state index contributed by atoms with van der Waals surface area (Å²) in [6.07, 6.45) is 0. The first-order valence-corrected chi connectivity index (χ1v) is 6.26. The molecule has 0 aliphatic rings. The van der Waals surface area contributed by atoms with Gasteiger partial charge < -0.3 is 15.2 Å². The van der Waals surface area contributed by atoms with Gasteiger partial charge in [-0.25, -0.2) is 4.39 Å². The first kappa shape index (κ1) is 15.0. The zero-order chi connectivity index (χ0) is 15.4. The van der Waals surface area contributed by atoms with Crippen LogP contribution in [0, 0.1) is 5.82 Å². The largest absolute Gasteiger partial charge is 0.507 e. The third-order valence-corrected chi connectivity index (χ3v) is 2.93. The number of alkyl halides is 2.